The van der Waals surface area contributed by atoms with Crippen molar-refractivity contribution in [1.82, 2.24) is 10.3 Å². The van der Waals surface area contributed by atoms with Crippen LogP contribution in [0.2, 0.25) is 0 Å². The quantitative estimate of drug-likeness (QED) is 0.883. The Balaban J connectivity index is 1.78. The predicted molar refractivity (Wildman–Crippen MR) is 61.6 cm³/mol. The van der Waals surface area contributed by atoms with Gasteiger partial charge in [0, 0.05) is 24.0 Å². The summed E-state index contributed by atoms with van der Waals surface area (Å²) in [6.07, 6.45) is 4.14. The summed E-state index contributed by atoms with van der Waals surface area (Å²) in [5.74, 6) is 0.173. The van der Waals surface area contributed by atoms with Gasteiger partial charge in [-0.2, -0.15) is 0 Å². The molecule has 84 valence electrons. The van der Waals surface area contributed by atoms with Gasteiger partial charge < -0.3 is 9.73 Å². The molecule has 2 heterocycles. The summed E-state index contributed by atoms with van der Waals surface area (Å²) in [5.41, 5.74) is 0. The van der Waals surface area contributed by atoms with Crippen LogP contribution in [0.4, 0.5) is 0 Å². The van der Waals surface area contributed by atoms with E-state index in [4.69, 9.17) is 4.42 Å². The summed E-state index contributed by atoms with van der Waals surface area (Å²) in [6, 6.07) is 3.34. The number of aryl methyl sites for hydroxylation is 1. The third kappa shape index (κ3) is 2.70. The van der Waals surface area contributed by atoms with E-state index in [0.717, 1.165) is 11.4 Å². The summed E-state index contributed by atoms with van der Waals surface area (Å²) >= 11 is 1.65. The van der Waals surface area contributed by atoms with Gasteiger partial charge in [-0.05, 0) is 19.1 Å². The lowest BCUT2D eigenvalue weighted by Gasteiger charge is -2.00. The molecule has 1 amide bonds. The van der Waals surface area contributed by atoms with Crippen molar-refractivity contribution in [3.8, 4) is 0 Å². The van der Waals surface area contributed by atoms with Gasteiger partial charge in [-0.3, -0.25) is 4.79 Å². The fourth-order valence-electron chi connectivity index (χ4n) is 1.32. The molecular formula is C11H12N2O2S. The largest absolute Gasteiger partial charge is 0.459 e. The molecule has 0 unspecified atom stereocenters. The standard InChI is InChI=1S/C11H12N2O2S/c1-8-13-7-9(16-8)4-5-12-11(14)10-3-2-6-15-10/h2-3,6-7H,4-5H2,1H3,(H,12,14). The van der Waals surface area contributed by atoms with Crippen LogP contribution in [0, 0.1) is 6.92 Å². The van der Waals surface area contributed by atoms with Crippen LogP contribution < -0.4 is 5.32 Å². The second-order valence-corrected chi connectivity index (χ2v) is 4.65. The lowest BCUT2D eigenvalue weighted by molar-refractivity contribution is 0.0926. The minimum Gasteiger partial charge on any atom is -0.459 e. The molecule has 16 heavy (non-hydrogen) atoms. The monoisotopic (exact) mass is 236 g/mol. The van der Waals surface area contributed by atoms with E-state index in [1.165, 1.54) is 11.1 Å². The number of carbonyl (C=O) groups is 1. The minimum absolute atomic E-state index is 0.175. The first kappa shape index (κ1) is 10.9. The van der Waals surface area contributed by atoms with Gasteiger partial charge >= 0.3 is 0 Å². The molecule has 4 nitrogen and oxygen atoms in total. The molecule has 0 fully saturated rings. The van der Waals surface area contributed by atoms with Crippen LogP contribution in [-0.2, 0) is 6.42 Å². The van der Waals surface area contributed by atoms with E-state index in [1.807, 2.05) is 13.1 Å². The van der Waals surface area contributed by atoms with Crippen LogP contribution in [-0.4, -0.2) is 17.4 Å². The number of thiazole rings is 1. The lowest BCUT2D eigenvalue weighted by Crippen LogP contribution is -2.24. The van der Waals surface area contributed by atoms with Gasteiger partial charge in [0.15, 0.2) is 5.76 Å². The Labute approximate surface area is 97.3 Å². The molecule has 1 N–H and O–H groups in total. The molecule has 2 rings (SSSR count). The minimum atomic E-state index is -0.175. The van der Waals surface area contributed by atoms with Crippen molar-refractivity contribution in [3.63, 3.8) is 0 Å². The third-order valence-corrected chi connectivity index (χ3v) is 3.04. The van der Waals surface area contributed by atoms with Crippen LogP contribution >= 0.6 is 11.3 Å². The maximum Gasteiger partial charge on any atom is 0.286 e. The van der Waals surface area contributed by atoms with Crippen molar-refractivity contribution in [3.05, 3.63) is 40.2 Å². The van der Waals surface area contributed by atoms with Gasteiger partial charge in [0.1, 0.15) is 0 Å². The fraction of sp³-hybridized carbons (Fsp3) is 0.273. The number of nitrogens with one attached hydrogen (secondary N) is 1. The molecule has 0 saturated heterocycles. The first-order valence-electron chi connectivity index (χ1n) is 4.99. The van der Waals surface area contributed by atoms with Crippen molar-refractivity contribution in [2.45, 2.75) is 13.3 Å². The number of carbonyl (C=O) groups excluding carboxylic acids is 1. The highest BCUT2D eigenvalue weighted by Gasteiger charge is 2.07. The van der Waals surface area contributed by atoms with Crippen molar-refractivity contribution in [2.75, 3.05) is 6.54 Å². The molecule has 0 aromatic carbocycles. The van der Waals surface area contributed by atoms with Gasteiger partial charge in [0.05, 0.1) is 11.3 Å². The Morgan fingerprint density at radius 1 is 1.62 bits per heavy atom. The van der Waals surface area contributed by atoms with Gasteiger partial charge in [-0.25, -0.2) is 4.98 Å². The molecule has 0 bridgehead atoms. The first-order chi connectivity index (χ1) is 7.75. The highest BCUT2D eigenvalue weighted by molar-refractivity contribution is 7.11. The maximum atomic E-state index is 11.5. The molecule has 0 aliphatic rings. The van der Waals surface area contributed by atoms with Crippen LogP contribution in [0.3, 0.4) is 0 Å². The Kier molecular flexibility index (Phi) is 3.36. The summed E-state index contributed by atoms with van der Waals surface area (Å²) < 4.78 is 4.98. The highest BCUT2D eigenvalue weighted by atomic mass is 32.1. The van der Waals surface area contributed by atoms with E-state index in [9.17, 15) is 4.79 Å². The molecule has 0 atom stereocenters. The van der Waals surface area contributed by atoms with E-state index in [2.05, 4.69) is 10.3 Å². The molecule has 0 aliphatic carbocycles. The van der Waals surface area contributed by atoms with E-state index >= 15 is 0 Å². The fourth-order valence-corrected chi connectivity index (χ4v) is 2.11. The number of hydrogen-bond acceptors (Lipinski definition) is 4. The van der Waals surface area contributed by atoms with Gasteiger partial charge in [0.25, 0.3) is 5.91 Å². The molecule has 0 saturated carbocycles. The molecular weight excluding hydrogens is 224 g/mol. The zero-order valence-electron chi connectivity index (χ0n) is 8.90. The van der Waals surface area contributed by atoms with E-state index in [-0.39, 0.29) is 5.91 Å². The zero-order chi connectivity index (χ0) is 11.4. The summed E-state index contributed by atoms with van der Waals surface area (Å²) in [6.45, 7) is 2.57. The average molecular weight is 236 g/mol. The third-order valence-electron chi connectivity index (χ3n) is 2.07. The average Bonchev–Trinajstić information content (AvgIpc) is 2.89. The van der Waals surface area contributed by atoms with Gasteiger partial charge in [-0.15, -0.1) is 11.3 Å². The van der Waals surface area contributed by atoms with Crippen LogP contribution in [0.15, 0.2) is 29.0 Å². The van der Waals surface area contributed by atoms with E-state index in [0.29, 0.717) is 12.3 Å². The highest BCUT2D eigenvalue weighted by Crippen LogP contribution is 2.11. The zero-order valence-corrected chi connectivity index (χ0v) is 9.71. The molecule has 0 aliphatic heterocycles. The maximum absolute atomic E-state index is 11.5. The van der Waals surface area contributed by atoms with Crippen LogP contribution in [0.1, 0.15) is 20.4 Å². The van der Waals surface area contributed by atoms with Crippen LogP contribution in [0.25, 0.3) is 0 Å². The number of furan rings is 1. The normalized spacial score (nSPS) is 10.3. The van der Waals surface area contributed by atoms with Gasteiger partial charge in [0.2, 0.25) is 0 Å². The molecule has 2 aromatic rings. The first-order valence-corrected chi connectivity index (χ1v) is 5.80. The van der Waals surface area contributed by atoms with Crippen molar-refractivity contribution in [2.24, 2.45) is 0 Å². The smallest absolute Gasteiger partial charge is 0.286 e. The lowest BCUT2D eigenvalue weighted by atomic mass is 10.3. The van der Waals surface area contributed by atoms with Gasteiger partial charge in [-0.1, -0.05) is 0 Å². The van der Waals surface area contributed by atoms with Crippen molar-refractivity contribution >= 4 is 17.2 Å². The molecule has 2 aromatic heterocycles. The van der Waals surface area contributed by atoms with Crippen molar-refractivity contribution < 1.29 is 9.21 Å². The predicted octanol–water partition coefficient (Wildman–Crippen LogP) is 2.02. The Bertz CT molecular complexity index is 462. The van der Waals surface area contributed by atoms with Crippen LogP contribution in [0.5, 0.6) is 0 Å². The Morgan fingerprint density at radius 3 is 3.12 bits per heavy atom. The topological polar surface area (TPSA) is 55.1 Å². The van der Waals surface area contributed by atoms with Crippen molar-refractivity contribution in [1.29, 1.82) is 0 Å². The molecule has 0 radical (unpaired) electrons. The van der Waals surface area contributed by atoms with E-state index < -0.39 is 0 Å². The Morgan fingerprint density at radius 2 is 2.50 bits per heavy atom. The summed E-state index contributed by atoms with van der Waals surface area (Å²) in [5, 5.41) is 3.84. The number of amides is 1. The number of aromatic nitrogens is 1. The SMILES string of the molecule is Cc1ncc(CCNC(=O)c2ccco2)s1. The number of nitrogens with zero attached hydrogens (tertiary/aromatic N) is 1. The number of rotatable bonds is 4. The number of hydrogen-bond donors (Lipinski definition) is 1. The summed E-state index contributed by atoms with van der Waals surface area (Å²) in [7, 11) is 0. The summed E-state index contributed by atoms with van der Waals surface area (Å²) in [4.78, 5) is 16.8. The molecule has 5 heteroatoms. The second kappa shape index (κ2) is 4.94. The molecule has 0 spiro atoms. The Hall–Kier alpha value is -1.62. The second-order valence-electron chi connectivity index (χ2n) is 3.33. The van der Waals surface area contributed by atoms with E-state index in [1.54, 1.807) is 23.5 Å².